The number of rotatable bonds is 5. The maximum Gasteiger partial charge on any atom is 0.341 e. The Morgan fingerprint density at radius 2 is 2.00 bits per heavy atom. The zero-order valence-corrected chi connectivity index (χ0v) is 17.1. The van der Waals surface area contributed by atoms with Gasteiger partial charge in [-0.25, -0.2) is 4.79 Å². The number of ether oxygens (including phenoxy) is 3. The Morgan fingerprint density at radius 3 is 2.64 bits per heavy atom. The second-order valence-electron chi connectivity index (χ2n) is 6.35. The van der Waals surface area contributed by atoms with E-state index in [1.165, 1.54) is 21.0 Å². The van der Waals surface area contributed by atoms with Crippen molar-refractivity contribution in [3.8, 4) is 0 Å². The molecule has 2 heterocycles. The molecule has 9 heteroatoms. The molecule has 0 bridgehead atoms. The second kappa shape index (κ2) is 7.40. The van der Waals surface area contributed by atoms with Gasteiger partial charge >= 0.3 is 5.97 Å². The van der Waals surface area contributed by atoms with E-state index in [0.29, 0.717) is 15.7 Å². The van der Waals surface area contributed by atoms with Gasteiger partial charge in [0.05, 0.1) is 12.2 Å². The number of methoxy groups -OCH3 is 1. The number of esters is 1. The number of benzene rings is 1. The van der Waals surface area contributed by atoms with Crippen LogP contribution in [0.5, 0.6) is 0 Å². The van der Waals surface area contributed by atoms with E-state index < -0.39 is 23.1 Å². The molecule has 2 aliphatic rings. The van der Waals surface area contributed by atoms with E-state index in [4.69, 9.17) is 19.9 Å². The van der Waals surface area contributed by atoms with Gasteiger partial charge in [0, 0.05) is 22.8 Å². The summed E-state index contributed by atoms with van der Waals surface area (Å²) in [5.74, 6) is -1.98. The second-order valence-corrected chi connectivity index (χ2v) is 7.27. The van der Waals surface area contributed by atoms with E-state index in [9.17, 15) is 14.4 Å². The third kappa shape index (κ3) is 2.91. The van der Waals surface area contributed by atoms with E-state index in [1.54, 1.807) is 18.2 Å². The van der Waals surface area contributed by atoms with Crippen LogP contribution in [0.2, 0.25) is 0 Å². The number of nitrogens with two attached hydrogens (primary N) is 1. The first-order valence-electron chi connectivity index (χ1n) is 8.43. The fourth-order valence-electron chi connectivity index (χ4n) is 3.67. The summed E-state index contributed by atoms with van der Waals surface area (Å²) in [7, 11) is 1.46. The molecule has 0 fully saturated rings. The Kier molecular flexibility index (Phi) is 5.31. The number of Topliss-reactive ketones (excluding diaryl/α,β-unsaturated/α-hetero) is 1. The first kappa shape index (κ1) is 20.1. The maximum atomic E-state index is 13.3. The van der Waals surface area contributed by atoms with Crippen molar-refractivity contribution in [3.63, 3.8) is 0 Å². The molecule has 0 aromatic heterocycles. The molecule has 0 saturated heterocycles. The molecule has 0 aliphatic carbocycles. The van der Waals surface area contributed by atoms with Crippen molar-refractivity contribution >= 4 is 39.3 Å². The van der Waals surface area contributed by atoms with Gasteiger partial charge in [-0.15, -0.1) is 0 Å². The molecule has 0 radical (unpaired) electrons. The van der Waals surface area contributed by atoms with E-state index >= 15 is 0 Å². The van der Waals surface area contributed by atoms with Crippen LogP contribution in [0, 0.1) is 0 Å². The molecule has 1 amide bonds. The standard InChI is InChI=1S/C19H19BrN2O6/c1-9(23)14-10(2)28-16(21)15(17(24)27-7-6-26-3)19(14)12-8-11(20)4-5-13(12)22-18(19)25/h4-5,8H,6-7,21H2,1-3H3,(H,22,25). The van der Waals surface area contributed by atoms with E-state index in [2.05, 4.69) is 21.2 Å². The maximum absolute atomic E-state index is 13.3. The zero-order valence-electron chi connectivity index (χ0n) is 15.6. The highest BCUT2D eigenvalue weighted by molar-refractivity contribution is 9.10. The molecule has 2 aliphatic heterocycles. The van der Waals surface area contributed by atoms with Crippen molar-refractivity contribution in [2.24, 2.45) is 5.73 Å². The summed E-state index contributed by atoms with van der Waals surface area (Å²) >= 11 is 3.38. The Bertz CT molecular complexity index is 952. The molecule has 3 N–H and O–H groups in total. The number of hydrogen-bond acceptors (Lipinski definition) is 7. The first-order valence-corrected chi connectivity index (χ1v) is 9.22. The van der Waals surface area contributed by atoms with E-state index in [0.717, 1.165) is 0 Å². The third-order valence-corrected chi connectivity index (χ3v) is 5.16. The molecule has 1 atom stereocenters. The van der Waals surface area contributed by atoms with E-state index in [1.807, 2.05) is 0 Å². The summed E-state index contributed by atoms with van der Waals surface area (Å²) in [6.45, 7) is 2.95. The lowest BCUT2D eigenvalue weighted by Gasteiger charge is -2.35. The lowest BCUT2D eigenvalue weighted by atomic mass is 9.66. The number of carbonyl (C=O) groups is 3. The van der Waals surface area contributed by atoms with Crippen LogP contribution in [0.15, 0.2) is 45.5 Å². The van der Waals surface area contributed by atoms with Crippen LogP contribution in [0.1, 0.15) is 19.4 Å². The molecule has 3 rings (SSSR count). The molecule has 148 valence electrons. The Morgan fingerprint density at radius 1 is 1.29 bits per heavy atom. The van der Waals surface area contributed by atoms with Gasteiger partial charge in [0.2, 0.25) is 11.8 Å². The van der Waals surface area contributed by atoms with Gasteiger partial charge in [-0.3, -0.25) is 9.59 Å². The number of amides is 1. The molecule has 1 aromatic rings. The number of halogens is 1. The Hall–Kier alpha value is -2.65. The number of carbonyl (C=O) groups excluding carboxylic acids is 3. The minimum Gasteiger partial charge on any atom is -0.460 e. The summed E-state index contributed by atoms with van der Waals surface area (Å²) in [5.41, 5.74) is 4.97. The molecule has 1 spiro atoms. The van der Waals surface area contributed by atoms with Gasteiger partial charge in [-0.2, -0.15) is 0 Å². The number of allylic oxidation sites excluding steroid dienone is 1. The van der Waals surface area contributed by atoms with Crippen LogP contribution in [0.4, 0.5) is 5.69 Å². The predicted molar refractivity (Wildman–Crippen MR) is 103 cm³/mol. The van der Waals surface area contributed by atoms with Gasteiger partial charge in [-0.1, -0.05) is 15.9 Å². The summed E-state index contributed by atoms with van der Waals surface area (Å²) < 4.78 is 16.3. The normalized spacial score (nSPS) is 20.8. The van der Waals surface area contributed by atoms with Gasteiger partial charge < -0.3 is 25.3 Å². The van der Waals surface area contributed by atoms with Gasteiger partial charge in [0.25, 0.3) is 0 Å². The number of fused-ring (bicyclic) bond motifs is 2. The highest BCUT2D eigenvalue weighted by Gasteiger charge is 2.60. The zero-order chi connectivity index (χ0) is 20.6. The average Bonchev–Trinajstić information content (AvgIpc) is 2.87. The van der Waals surface area contributed by atoms with Crippen LogP contribution in [0.25, 0.3) is 0 Å². The van der Waals surface area contributed by atoms with Crippen molar-refractivity contribution in [2.45, 2.75) is 19.3 Å². The fourth-order valence-corrected chi connectivity index (χ4v) is 4.03. The largest absolute Gasteiger partial charge is 0.460 e. The van der Waals surface area contributed by atoms with Crippen LogP contribution in [-0.4, -0.2) is 38.0 Å². The van der Waals surface area contributed by atoms with E-state index in [-0.39, 0.29) is 36.0 Å². The van der Waals surface area contributed by atoms with Crippen molar-refractivity contribution < 1.29 is 28.6 Å². The number of nitrogens with one attached hydrogen (secondary N) is 1. The lowest BCUT2D eigenvalue weighted by Crippen LogP contribution is -2.48. The minimum atomic E-state index is -1.76. The first-order chi connectivity index (χ1) is 13.2. The predicted octanol–water partition coefficient (Wildman–Crippen LogP) is 1.89. The molecule has 1 aromatic carbocycles. The SMILES string of the molecule is COCCOC(=O)C1=C(N)OC(C)=C(C(C)=O)C12C(=O)Nc1ccc(Br)cc12. The van der Waals surface area contributed by atoms with Crippen molar-refractivity contribution in [3.05, 3.63) is 51.0 Å². The van der Waals surface area contributed by atoms with Crippen molar-refractivity contribution in [2.75, 3.05) is 25.6 Å². The van der Waals surface area contributed by atoms with Crippen LogP contribution in [0.3, 0.4) is 0 Å². The lowest BCUT2D eigenvalue weighted by molar-refractivity contribution is -0.142. The highest BCUT2D eigenvalue weighted by Crippen LogP contribution is 2.52. The molecular weight excluding hydrogens is 432 g/mol. The van der Waals surface area contributed by atoms with Crippen LogP contribution in [-0.2, 0) is 34.0 Å². The number of ketones is 1. The van der Waals surface area contributed by atoms with Gasteiger partial charge in [0.15, 0.2) is 5.78 Å². The molecule has 0 saturated carbocycles. The molecule has 28 heavy (non-hydrogen) atoms. The van der Waals surface area contributed by atoms with Gasteiger partial charge in [0.1, 0.15) is 23.4 Å². The van der Waals surface area contributed by atoms with Crippen LogP contribution >= 0.6 is 15.9 Å². The fraction of sp³-hybridized carbons (Fsp3) is 0.316. The Labute approximate surface area is 169 Å². The van der Waals surface area contributed by atoms with Crippen molar-refractivity contribution in [1.29, 1.82) is 0 Å². The molecule has 8 nitrogen and oxygen atoms in total. The topological polar surface area (TPSA) is 117 Å². The number of anilines is 1. The summed E-state index contributed by atoms with van der Waals surface area (Å²) in [6.07, 6.45) is 0. The molecular formula is C19H19BrN2O6. The average molecular weight is 451 g/mol. The Balaban J connectivity index is 2.29. The highest BCUT2D eigenvalue weighted by atomic mass is 79.9. The third-order valence-electron chi connectivity index (χ3n) is 4.66. The summed E-state index contributed by atoms with van der Waals surface area (Å²) in [4.78, 5) is 38.8. The van der Waals surface area contributed by atoms with Crippen molar-refractivity contribution in [1.82, 2.24) is 0 Å². The number of hydrogen-bond donors (Lipinski definition) is 2. The van der Waals surface area contributed by atoms with Gasteiger partial charge in [-0.05, 0) is 32.0 Å². The van der Waals surface area contributed by atoms with Crippen LogP contribution < -0.4 is 11.1 Å². The summed E-state index contributed by atoms with van der Waals surface area (Å²) in [6, 6.07) is 5.09. The molecule has 1 unspecified atom stereocenters. The summed E-state index contributed by atoms with van der Waals surface area (Å²) in [5, 5.41) is 2.74. The monoisotopic (exact) mass is 450 g/mol. The minimum absolute atomic E-state index is 0.0368. The quantitative estimate of drug-likeness (QED) is 0.519. The smallest absolute Gasteiger partial charge is 0.341 e.